The van der Waals surface area contributed by atoms with Crippen LogP contribution in [0.1, 0.15) is 25.5 Å². The number of hydrogen-bond acceptors (Lipinski definition) is 5. The van der Waals surface area contributed by atoms with E-state index in [1.165, 1.54) is 6.92 Å². The van der Waals surface area contributed by atoms with E-state index < -0.39 is 0 Å². The molecule has 2 N–H and O–H groups in total. The third kappa shape index (κ3) is 2.65. The summed E-state index contributed by atoms with van der Waals surface area (Å²) < 4.78 is 6.94. The molecule has 0 saturated carbocycles. The standard InChI is InChI=1S/C15H17N5O2/c1-9-8-13(11-4-6-12(22-3)7-5-11)20-15(16-9)18-14(19-20)17-10(2)21/h4-8,13H,1-3H3,(H2,16,17,18,19,21). The maximum Gasteiger partial charge on any atom is 0.250 e. The summed E-state index contributed by atoms with van der Waals surface area (Å²) in [4.78, 5) is 15.5. The van der Waals surface area contributed by atoms with E-state index in [-0.39, 0.29) is 17.9 Å². The van der Waals surface area contributed by atoms with Gasteiger partial charge in [0.15, 0.2) is 0 Å². The quantitative estimate of drug-likeness (QED) is 0.907. The molecule has 1 amide bonds. The van der Waals surface area contributed by atoms with E-state index in [0.717, 1.165) is 17.0 Å². The number of allylic oxidation sites excluding steroid dienone is 2. The Bertz CT molecular complexity index is 733. The van der Waals surface area contributed by atoms with Crippen LogP contribution in [0.25, 0.3) is 0 Å². The lowest BCUT2D eigenvalue weighted by Crippen LogP contribution is -2.19. The Morgan fingerprint density at radius 2 is 2.09 bits per heavy atom. The molecule has 7 heteroatoms. The van der Waals surface area contributed by atoms with E-state index in [2.05, 4.69) is 26.8 Å². The van der Waals surface area contributed by atoms with Crippen molar-refractivity contribution in [3.05, 3.63) is 41.6 Å². The number of carbonyl (C=O) groups is 1. The monoisotopic (exact) mass is 299 g/mol. The highest BCUT2D eigenvalue weighted by Crippen LogP contribution is 2.30. The average Bonchev–Trinajstić information content (AvgIpc) is 2.87. The number of rotatable bonds is 3. The minimum absolute atomic E-state index is 0.0860. The first-order chi connectivity index (χ1) is 10.6. The van der Waals surface area contributed by atoms with Crippen LogP contribution in [0.4, 0.5) is 11.9 Å². The van der Waals surface area contributed by atoms with Crippen molar-refractivity contribution in [3.63, 3.8) is 0 Å². The van der Waals surface area contributed by atoms with Crippen LogP contribution in [-0.2, 0) is 4.79 Å². The topological polar surface area (TPSA) is 81.1 Å². The van der Waals surface area contributed by atoms with Crippen molar-refractivity contribution in [2.24, 2.45) is 0 Å². The largest absolute Gasteiger partial charge is 0.497 e. The van der Waals surface area contributed by atoms with Crippen LogP contribution in [0, 0.1) is 0 Å². The maximum atomic E-state index is 11.2. The molecule has 1 aliphatic heterocycles. The van der Waals surface area contributed by atoms with E-state index in [9.17, 15) is 4.79 Å². The van der Waals surface area contributed by atoms with Gasteiger partial charge in [-0.3, -0.25) is 10.1 Å². The number of hydrogen-bond donors (Lipinski definition) is 2. The van der Waals surface area contributed by atoms with Crippen molar-refractivity contribution >= 4 is 17.8 Å². The van der Waals surface area contributed by atoms with Gasteiger partial charge in [-0.25, -0.2) is 4.68 Å². The Labute approximate surface area is 128 Å². The molecule has 22 heavy (non-hydrogen) atoms. The van der Waals surface area contributed by atoms with Crippen LogP contribution in [0.2, 0.25) is 0 Å². The molecule has 0 fully saturated rings. The van der Waals surface area contributed by atoms with Crippen molar-refractivity contribution in [1.29, 1.82) is 0 Å². The van der Waals surface area contributed by atoms with Crippen LogP contribution in [0.3, 0.4) is 0 Å². The number of amides is 1. The molecule has 0 bridgehead atoms. The zero-order valence-electron chi connectivity index (χ0n) is 12.6. The third-order valence-corrected chi connectivity index (χ3v) is 3.36. The number of anilines is 2. The lowest BCUT2D eigenvalue weighted by atomic mass is 10.0. The molecule has 3 rings (SSSR count). The summed E-state index contributed by atoms with van der Waals surface area (Å²) in [6, 6.07) is 7.71. The molecule has 1 aromatic carbocycles. The van der Waals surface area contributed by atoms with Crippen molar-refractivity contribution in [2.45, 2.75) is 19.9 Å². The number of ether oxygens (including phenoxy) is 1. The van der Waals surface area contributed by atoms with Gasteiger partial charge >= 0.3 is 0 Å². The molecule has 2 heterocycles. The van der Waals surface area contributed by atoms with E-state index in [1.54, 1.807) is 11.8 Å². The van der Waals surface area contributed by atoms with Gasteiger partial charge in [-0.2, -0.15) is 4.98 Å². The first kappa shape index (κ1) is 14.1. The minimum atomic E-state index is -0.200. The summed E-state index contributed by atoms with van der Waals surface area (Å²) >= 11 is 0. The fourth-order valence-corrected chi connectivity index (χ4v) is 2.38. The smallest absolute Gasteiger partial charge is 0.250 e. The molecule has 0 radical (unpaired) electrons. The van der Waals surface area contributed by atoms with Crippen LogP contribution in [0.5, 0.6) is 5.75 Å². The SMILES string of the molecule is COc1ccc(C2C=C(C)Nc3nc(NC(C)=O)nn32)cc1. The Balaban J connectivity index is 1.98. The minimum Gasteiger partial charge on any atom is -0.497 e. The summed E-state index contributed by atoms with van der Waals surface area (Å²) in [6.07, 6.45) is 2.06. The van der Waals surface area contributed by atoms with Crippen molar-refractivity contribution in [3.8, 4) is 5.75 Å². The molecule has 0 spiro atoms. The van der Waals surface area contributed by atoms with E-state index >= 15 is 0 Å². The third-order valence-electron chi connectivity index (χ3n) is 3.36. The highest BCUT2D eigenvalue weighted by Gasteiger charge is 2.23. The van der Waals surface area contributed by atoms with Crippen LogP contribution >= 0.6 is 0 Å². The second-order valence-electron chi connectivity index (χ2n) is 5.08. The average molecular weight is 299 g/mol. The van der Waals surface area contributed by atoms with E-state index in [4.69, 9.17) is 4.74 Å². The zero-order valence-corrected chi connectivity index (χ0v) is 12.6. The van der Waals surface area contributed by atoms with Gasteiger partial charge in [0.25, 0.3) is 5.95 Å². The summed E-state index contributed by atoms with van der Waals surface area (Å²) in [5, 5.41) is 10.1. The Hall–Kier alpha value is -2.83. The molecule has 114 valence electrons. The van der Waals surface area contributed by atoms with Gasteiger partial charge in [-0.05, 0) is 30.7 Å². The fraction of sp³-hybridized carbons (Fsp3) is 0.267. The van der Waals surface area contributed by atoms with Gasteiger partial charge in [0.1, 0.15) is 11.8 Å². The normalized spacial score (nSPS) is 16.3. The number of fused-ring (bicyclic) bond motifs is 1. The van der Waals surface area contributed by atoms with Crippen LogP contribution in [0.15, 0.2) is 36.0 Å². The lowest BCUT2D eigenvalue weighted by Gasteiger charge is -2.22. The number of carbonyl (C=O) groups excluding carboxylic acids is 1. The van der Waals surface area contributed by atoms with Crippen LogP contribution in [-0.4, -0.2) is 27.8 Å². The Morgan fingerprint density at radius 1 is 1.36 bits per heavy atom. The highest BCUT2D eigenvalue weighted by molar-refractivity contribution is 5.86. The van der Waals surface area contributed by atoms with Crippen LogP contribution < -0.4 is 15.4 Å². The van der Waals surface area contributed by atoms with E-state index in [1.807, 2.05) is 31.2 Å². The molecule has 2 aromatic rings. The number of aromatic nitrogens is 3. The van der Waals surface area contributed by atoms with Gasteiger partial charge in [0.05, 0.1) is 7.11 Å². The number of nitrogens with zero attached hydrogens (tertiary/aromatic N) is 3. The maximum absolute atomic E-state index is 11.2. The van der Waals surface area contributed by atoms with Crippen molar-refractivity contribution < 1.29 is 9.53 Å². The molecule has 1 aliphatic rings. The predicted molar refractivity (Wildman–Crippen MR) is 82.8 cm³/mol. The van der Waals surface area contributed by atoms with Crippen molar-refractivity contribution in [1.82, 2.24) is 14.8 Å². The summed E-state index contributed by atoms with van der Waals surface area (Å²) in [5.41, 5.74) is 2.04. The summed E-state index contributed by atoms with van der Waals surface area (Å²) in [6.45, 7) is 3.39. The first-order valence-electron chi connectivity index (χ1n) is 6.90. The molecule has 1 unspecified atom stereocenters. The first-order valence-corrected chi connectivity index (χ1v) is 6.90. The Morgan fingerprint density at radius 3 is 2.73 bits per heavy atom. The second-order valence-corrected chi connectivity index (χ2v) is 5.08. The highest BCUT2D eigenvalue weighted by atomic mass is 16.5. The molecule has 7 nitrogen and oxygen atoms in total. The molecule has 0 saturated heterocycles. The van der Waals surface area contributed by atoms with Gasteiger partial charge in [0, 0.05) is 12.6 Å². The number of methoxy groups -OCH3 is 1. The number of benzene rings is 1. The van der Waals surface area contributed by atoms with Gasteiger partial charge in [0.2, 0.25) is 11.9 Å². The van der Waals surface area contributed by atoms with E-state index in [0.29, 0.717) is 5.95 Å². The lowest BCUT2D eigenvalue weighted by molar-refractivity contribution is -0.114. The summed E-state index contributed by atoms with van der Waals surface area (Å²) in [7, 11) is 1.64. The molecule has 1 aromatic heterocycles. The molecule has 1 atom stereocenters. The summed E-state index contributed by atoms with van der Waals surface area (Å²) in [5.74, 6) is 1.49. The van der Waals surface area contributed by atoms with Gasteiger partial charge < -0.3 is 10.1 Å². The molecule has 0 aliphatic carbocycles. The zero-order chi connectivity index (χ0) is 15.7. The Kier molecular flexibility index (Phi) is 3.54. The second kappa shape index (κ2) is 5.51. The van der Waals surface area contributed by atoms with Gasteiger partial charge in [-0.15, -0.1) is 5.10 Å². The van der Waals surface area contributed by atoms with Gasteiger partial charge in [-0.1, -0.05) is 12.1 Å². The fourth-order valence-electron chi connectivity index (χ4n) is 2.38. The number of nitrogens with one attached hydrogen (secondary N) is 2. The molecular weight excluding hydrogens is 282 g/mol. The predicted octanol–water partition coefficient (Wildman–Crippen LogP) is 2.16. The van der Waals surface area contributed by atoms with Crippen molar-refractivity contribution in [2.75, 3.05) is 17.7 Å². The molecular formula is C15H17N5O2.